The number of carbonyl (C=O) groups is 2. The number of halogens is 2. The molecule has 1 unspecified atom stereocenters. The maximum Gasteiger partial charge on any atom is 0.252 e. The molecule has 96 valence electrons. The molecule has 1 aromatic rings. The summed E-state index contributed by atoms with van der Waals surface area (Å²) in [5, 5.41) is 6.26. The predicted molar refractivity (Wildman–Crippen MR) is 77.7 cm³/mol. The summed E-state index contributed by atoms with van der Waals surface area (Å²) in [6.45, 7) is 0.495. The number of nitrogens with one attached hydrogen (secondary N) is 2. The minimum atomic E-state index is -0.128. The molecule has 1 aliphatic heterocycles. The molecule has 0 aliphatic carbocycles. The Morgan fingerprint density at radius 2 is 2.28 bits per heavy atom. The van der Waals surface area contributed by atoms with Crippen molar-refractivity contribution in [1.82, 2.24) is 10.6 Å². The van der Waals surface area contributed by atoms with E-state index in [0.29, 0.717) is 30.0 Å². The fourth-order valence-electron chi connectivity index (χ4n) is 1.79. The highest BCUT2D eigenvalue weighted by Gasteiger charge is 2.20. The highest BCUT2D eigenvalue weighted by Crippen LogP contribution is 2.18. The molecule has 1 saturated heterocycles. The molecule has 18 heavy (non-hydrogen) atoms. The van der Waals surface area contributed by atoms with Crippen molar-refractivity contribution in [2.24, 2.45) is 0 Å². The van der Waals surface area contributed by atoms with Crippen molar-refractivity contribution in [2.75, 3.05) is 6.54 Å². The van der Waals surface area contributed by atoms with Gasteiger partial charge in [0.15, 0.2) is 0 Å². The summed E-state index contributed by atoms with van der Waals surface area (Å²) in [7, 11) is 0. The van der Waals surface area contributed by atoms with E-state index in [1.165, 1.54) is 0 Å². The molecule has 0 radical (unpaired) electrons. The molecule has 0 aromatic heterocycles. The van der Waals surface area contributed by atoms with Gasteiger partial charge in [-0.2, -0.15) is 0 Å². The number of amides is 2. The van der Waals surface area contributed by atoms with E-state index in [9.17, 15) is 9.59 Å². The maximum atomic E-state index is 12.1. The Morgan fingerprint density at radius 3 is 2.89 bits per heavy atom. The van der Waals surface area contributed by atoms with Crippen molar-refractivity contribution in [3.05, 3.63) is 32.4 Å². The third-order valence-corrected chi connectivity index (χ3v) is 3.90. The van der Waals surface area contributed by atoms with Crippen LogP contribution in [0.1, 0.15) is 23.2 Å². The molecule has 1 aliphatic rings. The SMILES string of the molecule is O=C1CCC(NC(=O)c2ccc(Cl)cc2I)CN1. The van der Waals surface area contributed by atoms with Crippen molar-refractivity contribution >= 4 is 46.0 Å². The topological polar surface area (TPSA) is 58.2 Å². The van der Waals surface area contributed by atoms with Crippen LogP contribution in [0.15, 0.2) is 18.2 Å². The number of piperidine rings is 1. The minimum Gasteiger partial charge on any atom is -0.354 e. The van der Waals surface area contributed by atoms with Crippen molar-refractivity contribution < 1.29 is 9.59 Å². The van der Waals surface area contributed by atoms with E-state index in [1.807, 2.05) is 0 Å². The second-order valence-electron chi connectivity index (χ2n) is 4.14. The van der Waals surface area contributed by atoms with Crippen LogP contribution < -0.4 is 10.6 Å². The maximum absolute atomic E-state index is 12.1. The Kier molecular flexibility index (Phi) is 4.45. The summed E-state index contributed by atoms with van der Waals surface area (Å²) < 4.78 is 0.817. The number of hydrogen-bond acceptors (Lipinski definition) is 2. The Bertz CT molecular complexity index is 483. The zero-order chi connectivity index (χ0) is 13.1. The number of rotatable bonds is 2. The molecule has 6 heteroatoms. The van der Waals surface area contributed by atoms with Crippen LogP contribution >= 0.6 is 34.2 Å². The van der Waals surface area contributed by atoms with Gasteiger partial charge in [-0.25, -0.2) is 0 Å². The van der Waals surface area contributed by atoms with Gasteiger partial charge in [-0.05, 0) is 47.2 Å². The van der Waals surface area contributed by atoms with Crippen molar-refractivity contribution in [3.63, 3.8) is 0 Å². The normalized spacial score (nSPS) is 19.2. The summed E-state index contributed by atoms with van der Waals surface area (Å²) in [6.07, 6.45) is 1.14. The first-order chi connectivity index (χ1) is 8.56. The molecule has 0 saturated carbocycles. The monoisotopic (exact) mass is 378 g/mol. The Balaban J connectivity index is 2.01. The van der Waals surface area contributed by atoms with E-state index in [1.54, 1.807) is 18.2 Å². The van der Waals surface area contributed by atoms with Crippen LogP contribution in [0.5, 0.6) is 0 Å². The van der Waals surface area contributed by atoms with E-state index < -0.39 is 0 Å². The van der Waals surface area contributed by atoms with Crippen LogP contribution in [0.25, 0.3) is 0 Å². The molecular formula is C12H12ClIN2O2. The molecule has 1 atom stereocenters. The molecule has 0 spiro atoms. The first-order valence-electron chi connectivity index (χ1n) is 5.59. The molecule has 1 aromatic carbocycles. The first kappa shape index (κ1) is 13.6. The Hall–Kier alpha value is -0.820. The summed E-state index contributed by atoms with van der Waals surface area (Å²) in [4.78, 5) is 23.1. The van der Waals surface area contributed by atoms with Gasteiger partial charge in [-0.1, -0.05) is 11.6 Å². The molecule has 2 rings (SSSR count). The standard InChI is InChI=1S/C12H12ClIN2O2/c13-7-1-3-9(10(14)5-7)12(18)16-8-2-4-11(17)15-6-8/h1,3,5,8H,2,4,6H2,(H,15,17)(H,16,18). The zero-order valence-electron chi connectivity index (χ0n) is 9.50. The lowest BCUT2D eigenvalue weighted by atomic mass is 10.1. The summed E-state index contributed by atoms with van der Waals surface area (Å²) in [5.41, 5.74) is 0.608. The van der Waals surface area contributed by atoms with Gasteiger partial charge in [0.25, 0.3) is 5.91 Å². The largest absolute Gasteiger partial charge is 0.354 e. The average molecular weight is 379 g/mol. The van der Waals surface area contributed by atoms with E-state index >= 15 is 0 Å². The van der Waals surface area contributed by atoms with Gasteiger partial charge >= 0.3 is 0 Å². The molecule has 4 nitrogen and oxygen atoms in total. The average Bonchev–Trinajstić information content (AvgIpc) is 2.32. The first-order valence-corrected chi connectivity index (χ1v) is 7.04. The lowest BCUT2D eigenvalue weighted by Crippen LogP contribution is -2.47. The van der Waals surface area contributed by atoms with Crippen LogP contribution in [-0.4, -0.2) is 24.4 Å². The van der Waals surface area contributed by atoms with Gasteiger partial charge in [0.05, 0.1) is 5.56 Å². The van der Waals surface area contributed by atoms with Crippen molar-refractivity contribution in [1.29, 1.82) is 0 Å². The fourth-order valence-corrected chi connectivity index (χ4v) is 2.91. The van der Waals surface area contributed by atoms with Crippen LogP contribution in [0.4, 0.5) is 0 Å². The molecule has 2 amide bonds. The fraction of sp³-hybridized carbons (Fsp3) is 0.333. The van der Waals surface area contributed by atoms with E-state index in [-0.39, 0.29) is 17.9 Å². The van der Waals surface area contributed by atoms with Gasteiger partial charge in [0, 0.05) is 27.6 Å². The van der Waals surface area contributed by atoms with E-state index in [4.69, 9.17) is 11.6 Å². The van der Waals surface area contributed by atoms with Crippen LogP contribution in [0.2, 0.25) is 5.02 Å². The van der Waals surface area contributed by atoms with Gasteiger partial charge in [-0.15, -0.1) is 0 Å². The zero-order valence-corrected chi connectivity index (χ0v) is 12.4. The van der Waals surface area contributed by atoms with Crippen LogP contribution in [-0.2, 0) is 4.79 Å². The second-order valence-corrected chi connectivity index (χ2v) is 5.74. The minimum absolute atomic E-state index is 0.00155. The summed E-state index contributed by atoms with van der Waals surface area (Å²) >= 11 is 7.93. The molecule has 1 fully saturated rings. The van der Waals surface area contributed by atoms with Crippen molar-refractivity contribution in [3.8, 4) is 0 Å². The van der Waals surface area contributed by atoms with E-state index in [2.05, 4.69) is 33.2 Å². The van der Waals surface area contributed by atoms with Crippen LogP contribution in [0, 0.1) is 3.57 Å². The summed E-state index contributed by atoms with van der Waals surface area (Å²) in [6, 6.07) is 5.16. The number of carbonyl (C=O) groups excluding carboxylic acids is 2. The molecule has 0 bridgehead atoms. The highest BCUT2D eigenvalue weighted by atomic mass is 127. The van der Waals surface area contributed by atoms with Crippen LogP contribution in [0.3, 0.4) is 0 Å². The van der Waals surface area contributed by atoms with Gasteiger partial charge in [0.1, 0.15) is 0 Å². The Labute approximate surface area is 124 Å². The highest BCUT2D eigenvalue weighted by molar-refractivity contribution is 14.1. The van der Waals surface area contributed by atoms with Gasteiger partial charge < -0.3 is 10.6 Å². The number of benzene rings is 1. The van der Waals surface area contributed by atoms with Gasteiger partial charge in [0.2, 0.25) is 5.91 Å². The molecular weight excluding hydrogens is 367 g/mol. The van der Waals surface area contributed by atoms with E-state index in [0.717, 1.165) is 3.57 Å². The number of hydrogen-bond donors (Lipinski definition) is 2. The lowest BCUT2D eigenvalue weighted by molar-refractivity contribution is -0.122. The second kappa shape index (κ2) is 5.88. The predicted octanol–water partition coefficient (Wildman–Crippen LogP) is 1.95. The van der Waals surface area contributed by atoms with Crippen molar-refractivity contribution in [2.45, 2.75) is 18.9 Å². The Morgan fingerprint density at radius 1 is 1.50 bits per heavy atom. The third-order valence-electron chi connectivity index (χ3n) is 2.78. The summed E-state index contributed by atoms with van der Waals surface area (Å²) in [5.74, 6) is -0.0845. The molecule has 1 heterocycles. The van der Waals surface area contributed by atoms with Gasteiger partial charge in [-0.3, -0.25) is 9.59 Å². The smallest absolute Gasteiger partial charge is 0.252 e. The quantitative estimate of drug-likeness (QED) is 0.773. The third kappa shape index (κ3) is 3.35. The lowest BCUT2D eigenvalue weighted by Gasteiger charge is -2.23. The molecule has 2 N–H and O–H groups in total.